The molecule has 34 heavy (non-hydrogen) atoms. The van der Waals surface area contributed by atoms with Crippen LogP contribution in [0.2, 0.25) is 0 Å². The lowest BCUT2D eigenvalue weighted by molar-refractivity contribution is 0.0343. The van der Waals surface area contributed by atoms with Gasteiger partial charge in [-0.25, -0.2) is 9.98 Å². The van der Waals surface area contributed by atoms with Gasteiger partial charge in [-0.15, -0.1) is 0 Å². The van der Waals surface area contributed by atoms with Crippen LogP contribution in [-0.4, -0.2) is 79.5 Å². The molecule has 1 aliphatic rings. The minimum Gasteiger partial charge on any atom is -0.478 e. The Morgan fingerprint density at radius 1 is 1.21 bits per heavy atom. The van der Waals surface area contributed by atoms with E-state index >= 15 is 0 Å². The summed E-state index contributed by atoms with van der Waals surface area (Å²) < 4.78 is 13.5. The second kappa shape index (κ2) is 11.4. The Labute approximate surface area is 202 Å². The number of hydrogen-bond donors (Lipinski definition) is 0. The van der Waals surface area contributed by atoms with E-state index in [1.165, 1.54) is 11.1 Å². The zero-order valence-corrected chi connectivity index (χ0v) is 20.5. The predicted molar refractivity (Wildman–Crippen MR) is 139 cm³/mol. The number of aliphatic imine (C=N–C) groups is 1. The first kappa shape index (κ1) is 24.1. The first-order valence-corrected chi connectivity index (χ1v) is 11.9. The average Bonchev–Trinajstić information content (AvgIpc) is 3.22. The Morgan fingerprint density at radius 3 is 2.79 bits per heavy atom. The van der Waals surface area contributed by atoms with E-state index in [0.29, 0.717) is 12.5 Å². The summed E-state index contributed by atoms with van der Waals surface area (Å²) in [7, 11) is 4.11. The van der Waals surface area contributed by atoms with Crippen molar-refractivity contribution in [3.63, 3.8) is 0 Å². The highest BCUT2D eigenvalue weighted by Gasteiger charge is 2.15. The SMILES string of the molecule is C=N/C(=C\C=C(/C)c1ccc2nc3cccc(CN4CCOCC4)c3n2c1)OCCCN(C)C. The van der Waals surface area contributed by atoms with Gasteiger partial charge in [0.1, 0.15) is 5.65 Å². The van der Waals surface area contributed by atoms with E-state index in [4.69, 9.17) is 14.5 Å². The molecule has 7 heteroatoms. The molecule has 0 atom stereocenters. The number of aromatic nitrogens is 2. The first-order valence-electron chi connectivity index (χ1n) is 11.9. The summed E-state index contributed by atoms with van der Waals surface area (Å²) in [4.78, 5) is 13.5. The van der Waals surface area contributed by atoms with Crippen LogP contribution in [0.15, 0.2) is 59.6 Å². The zero-order valence-electron chi connectivity index (χ0n) is 20.5. The van der Waals surface area contributed by atoms with Crippen LogP contribution >= 0.6 is 0 Å². The molecule has 0 radical (unpaired) electrons. The Bertz CT molecular complexity index is 1190. The number of imidazole rings is 1. The van der Waals surface area contributed by atoms with Crippen LogP contribution < -0.4 is 0 Å². The van der Waals surface area contributed by atoms with Crippen molar-refractivity contribution < 1.29 is 9.47 Å². The second-order valence-electron chi connectivity index (χ2n) is 8.95. The van der Waals surface area contributed by atoms with E-state index in [-0.39, 0.29) is 0 Å². The van der Waals surface area contributed by atoms with Gasteiger partial charge in [0.25, 0.3) is 0 Å². The van der Waals surface area contributed by atoms with Gasteiger partial charge < -0.3 is 14.4 Å². The number of ether oxygens (including phenoxy) is 2. The molecule has 0 saturated carbocycles. The molecule has 0 aliphatic carbocycles. The van der Waals surface area contributed by atoms with E-state index in [1.807, 2.05) is 12.2 Å². The molecule has 7 nitrogen and oxygen atoms in total. The van der Waals surface area contributed by atoms with Crippen molar-refractivity contribution in [1.29, 1.82) is 0 Å². The fourth-order valence-corrected chi connectivity index (χ4v) is 4.19. The molecule has 0 spiro atoms. The van der Waals surface area contributed by atoms with Gasteiger partial charge in [0.2, 0.25) is 5.88 Å². The number of pyridine rings is 1. The first-order chi connectivity index (χ1) is 16.5. The highest BCUT2D eigenvalue weighted by molar-refractivity contribution is 5.84. The van der Waals surface area contributed by atoms with E-state index in [0.717, 1.165) is 68.1 Å². The molecular formula is C27H35N5O2. The summed E-state index contributed by atoms with van der Waals surface area (Å²) in [6.07, 6.45) is 7.04. The third-order valence-corrected chi connectivity index (χ3v) is 6.09. The van der Waals surface area contributed by atoms with Crippen LogP contribution in [0.1, 0.15) is 24.5 Å². The van der Waals surface area contributed by atoms with Crippen molar-refractivity contribution in [2.24, 2.45) is 4.99 Å². The lowest BCUT2D eigenvalue weighted by atomic mass is 10.1. The van der Waals surface area contributed by atoms with Crippen LogP contribution in [0.4, 0.5) is 0 Å². The molecule has 0 bridgehead atoms. The van der Waals surface area contributed by atoms with Gasteiger partial charge in [0.05, 0.1) is 30.9 Å². The molecule has 4 rings (SSSR count). The predicted octanol–water partition coefficient (Wildman–Crippen LogP) is 4.23. The number of morpholine rings is 1. The summed E-state index contributed by atoms with van der Waals surface area (Å²) in [5, 5.41) is 0. The van der Waals surface area contributed by atoms with Crippen molar-refractivity contribution >= 4 is 29.0 Å². The number of hydrogen-bond acceptors (Lipinski definition) is 6. The molecule has 1 fully saturated rings. The van der Waals surface area contributed by atoms with E-state index < -0.39 is 0 Å². The van der Waals surface area contributed by atoms with Crippen molar-refractivity contribution in [1.82, 2.24) is 19.2 Å². The summed E-state index contributed by atoms with van der Waals surface area (Å²) in [6.45, 7) is 11.8. The number of benzene rings is 1. The molecule has 2 aromatic heterocycles. The second-order valence-corrected chi connectivity index (χ2v) is 8.95. The average molecular weight is 462 g/mol. The van der Waals surface area contributed by atoms with E-state index in [2.05, 4.69) is 83.5 Å². The highest BCUT2D eigenvalue weighted by atomic mass is 16.5. The highest BCUT2D eigenvalue weighted by Crippen LogP contribution is 2.25. The molecule has 3 aromatic rings. The van der Waals surface area contributed by atoms with Crippen LogP contribution in [0.5, 0.6) is 0 Å². The monoisotopic (exact) mass is 461 g/mol. The molecule has 0 N–H and O–H groups in total. The van der Waals surface area contributed by atoms with Gasteiger partial charge in [0.15, 0.2) is 0 Å². The minimum atomic E-state index is 0.542. The number of fused-ring (bicyclic) bond motifs is 3. The smallest absolute Gasteiger partial charge is 0.212 e. The molecule has 0 amide bonds. The lowest BCUT2D eigenvalue weighted by Gasteiger charge is -2.26. The number of allylic oxidation sites excluding steroid dienone is 3. The molecule has 1 aliphatic heterocycles. The summed E-state index contributed by atoms with van der Waals surface area (Å²) in [5.41, 5.74) is 6.68. The number of nitrogens with zero attached hydrogens (tertiary/aromatic N) is 5. The maximum Gasteiger partial charge on any atom is 0.212 e. The molecule has 3 heterocycles. The fourth-order valence-electron chi connectivity index (χ4n) is 4.19. The van der Waals surface area contributed by atoms with Crippen LogP contribution in [-0.2, 0) is 16.0 Å². The normalized spacial score (nSPS) is 16.0. The third kappa shape index (κ3) is 5.91. The van der Waals surface area contributed by atoms with Crippen molar-refractivity contribution in [2.45, 2.75) is 19.9 Å². The summed E-state index contributed by atoms with van der Waals surface area (Å²) in [5.74, 6) is 0.542. The maximum atomic E-state index is 5.76. The number of rotatable bonds is 10. The molecule has 1 saturated heterocycles. The standard InChI is InChI=1S/C27H35N5O2/c1-21(9-12-26(28-2)34-16-6-13-30(3)4)22-10-11-25-29-24-8-5-7-23(27(24)32(25)20-22)19-31-14-17-33-18-15-31/h5,7-12,20H,2,6,13-19H2,1,3-4H3/b21-9+,26-12+. The van der Waals surface area contributed by atoms with Gasteiger partial charge in [-0.3, -0.25) is 9.30 Å². The fraction of sp³-hybridized carbons (Fsp3) is 0.407. The van der Waals surface area contributed by atoms with Gasteiger partial charge >= 0.3 is 0 Å². The topological polar surface area (TPSA) is 54.6 Å². The minimum absolute atomic E-state index is 0.542. The molecular weight excluding hydrogens is 426 g/mol. The molecule has 180 valence electrons. The van der Waals surface area contributed by atoms with Gasteiger partial charge in [-0.2, -0.15) is 0 Å². The molecule has 0 unspecified atom stereocenters. The van der Waals surface area contributed by atoms with E-state index in [1.54, 1.807) is 0 Å². The van der Waals surface area contributed by atoms with Crippen LogP contribution in [0.25, 0.3) is 22.3 Å². The Morgan fingerprint density at radius 2 is 2.03 bits per heavy atom. The summed E-state index contributed by atoms with van der Waals surface area (Å²) >= 11 is 0. The largest absolute Gasteiger partial charge is 0.478 e. The maximum absolute atomic E-state index is 5.76. The third-order valence-electron chi connectivity index (χ3n) is 6.09. The quantitative estimate of drug-likeness (QED) is 0.196. The van der Waals surface area contributed by atoms with Crippen molar-refractivity contribution in [2.75, 3.05) is 53.6 Å². The van der Waals surface area contributed by atoms with Gasteiger partial charge in [0, 0.05) is 38.5 Å². The molecule has 1 aromatic carbocycles. The van der Waals surface area contributed by atoms with E-state index in [9.17, 15) is 0 Å². The van der Waals surface area contributed by atoms with Crippen LogP contribution in [0, 0.1) is 0 Å². The Kier molecular flexibility index (Phi) is 8.11. The Hall–Kier alpha value is -3.00. The van der Waals surface area contributed by atoms with Crippen molar-refractivity contribution in [3.05, 3.63) is 65.7 Å². The lowest BCUT2D eigenvalue weighted by Crippen LogP contribution is -2.35. The summed E-state index contributed by atoms with van der Waals surface area (Å²) in [6, 6.07) is 10.6. The zero-order chi connectivity index (χ0) is 23.9. The Balaban J connectivity index is 1.57. The number of para-hydroxylation sites is 1. The van der Waals surface area contributed by atoms with Crippen LogP contribution in [0.3, 0.4) is 0 Å². The van der Waals surface area contributed by atoms with Crippen molar-refractivity contribution in [3.8, 4) is 0 Å². The van der Waals surface area contributed by atoms with Gasteiger partial charge in [-0.1, -0.05) is 18.2 Å². The van der Waals surface area contributed by atoms with Gasteiger partial charge in [-0.05, 0) is 69.1 Å².